The Bertz CT molecular complexity index is 466. The predicted molar refractivity (Wildman–Crippen MR) is 73.1 cm³/mol. The van der Waals surface area contributed by atoms with E-state index in [2.05, 4.69) is 15.5 Å². The van der Waals surface area contributed by atoms with E-state index in [4.69, 9.17) is 4.74 Å². The highest BCUT2D eigenvalue weighted by Crippen LogP contribution is 2.20. The molecular formula is C13H23N5O2. The number of hydrogen-bond donors (Lipinski definition) is 0. The number of piperidine rings is 1. The number of hydrogen-bond acceptors (Lipinski definition) is 5. The number of likely N-dealkylation sites (tertiary alicyclic amines) is 1. The van der Waals surface area contributed by atoms with Crippen LogP contribution in [0.5, 0.6) is 0 Å². The average Bonchev–Trinajstić information content (AvgIpc) is 2.73. The summed E-state index contributed by atoms with van der Waals surface area (Å²) in [5.41, 5.74) is -0.448. The first-order chi connectivity index (χ1) is 9.35. The minimum atomic E-state index is -0.448. The van der Waals surface area contributed by atoms with E-state index in [0.717, 1.165) is 31.8 Å². The molecule has 0 aliphatic carbocycles. The van der Waals surface area contributed by atoms with Crippen LogP contribution in [-0.2, 0) is 11.3 Å². The van der Waals surface area contributed by atoms with Crippen molar-refractivity contribution < 1.29 is 9.53 Å². The van der Waals surface area contributed by atoms with Crippen molar-refractivity contribution in [1.29, 1.82) is 0 Å². The molecule has 1 fully saturated rings. The molecule has 1 aliphatic rings. The van der Waals surface area contributed by atoms with Crippen molar-refractivity contribution in [3.63, 3.8) is 0 Å². The molecule has 2 heterocycles. The minimum absolute atomic E-state index is 0.226. The van der Waals surface area contributed by atoms with Gasteiger partial charge in [-0.15, -0.1) is 5.10 Å². The first kappa shape index (κ1) is 14.7. The lowest BCUT2D eigenvalue weighted by molar-refractivity contribution is 0.0155. The molecule has 7 heteroatoms. The van der Waals surface area contributed by atoms with Gasteiger partial charge in [0, 0.05) is 19.6 Å². The molecule has 0 aromatic carbocycles. The number of nitrogens with zero attached hydrogens (tertiary/aromatic N) is 5. The van der Waals surface area contributed by atoms with Crippen LogP contribution in [0.3, 0.4) is 0 Å². The normalized spacial score (nSPS) is 20.0. The molecule has 0 spiro atoms. The highest BCUT2D eigenvalue weighted by Gasteiger charge is 2.28. The van der Waals surface area contributed by atoms with E-state index < -0.39 is 5.60 Å². The minimum Gasteiger partial charge on any atom is -0.444 e. The van der Waals surface area contributed by atoms with Gasteiger partial charge in [0.25, 0.3) is 0 Å². The number of amides is 1. The van der Waals surface area contributed by atoms with Crippen molar-refractivity contribution in [2.24, 2.45) is 5.92 Å². The number of aromatic nitrogens is 4. The molecule has 0 saturated carbocycles. The smallest absolute Gasteiger partial charge is 0.410 e. The van der Waals surface area contributed by atoms with Gasteiger partial charge >= 0.3 is 6.09 Å². The maximum Gasteiger partial charge on any atom is 0.410 e. The Kier molecular flexibility index (Phi) is 4.25. The third-order valence-electron chi connectivity index (χ3n) is 3.31. The standard InChI is InChI=1S/C13H23N5O2/c1-10-14-15-16-18(10)9-11-6-5-7-17(8-11)12(19)20-13(2,3)4/h11H,5-9H2,1-4H3/t11-/m1/s1. The molecule has 1 aliphatic heterocycles. The monoisotopic (exact) mass is 281 g/mol. The molecule has 1 saturated heterocycles. The Morgan fingerprint density at radius 3 is 2.80 bits per heavy atom. The van der Waals surface area contributed by atoms with E-state index in [-0.39, 0.29) is 6.09 Å². The number of tetrazole rings is 1. The predicted octanol–water partition coefficient (Wildman–Crippen LogP) is 1.63. The van der Waals surface area contributed by atoms with Gasteiger partial charge in [0.2, 0.25) is 0 Å². The summed E-state index contributed by atoms with van der Waals surface area (Å²) in [5.74, 6) is 1.18. The molecule has 20 heavy (non-hydrogen) atoms. The van der Waals surface area contributed by atoms with Gasteiger partial charge in [0.1, 0.15) is 11.4 Å². The lowest BCUT2D eigenvalue weighted by Gasteiger charge is -2.34. The number of ether oxygens (including phenoxy) is 1. The topological polar surface area (TPSA) is 73.1 Å². The van der Waals surface area contributed by atoms with Gasteiger partial charge in [-0.1, -0.05) is 0 Å². The van der Waals surface area contributed by atoms with Crippen molar-refractivity contribution in [2.75, 3.05) is 13.1 Å². The fraction of sp³-hybridized carbons (Fsp3) is 0.846. The quantitative estimate of drug-likeness (QED) is 0.823. The maximum atomic E-state index is 12.1. The summed E-state index contributed by atoms with van der Waals surface area (Å²) in [6.07, 6.45) is 1.85. The Balaban J connectivity index is 1.92. The third-order valence-corrected chi connectivity index (χ3v) is 3.31. The zero-order valence-corrected chi connectivity index (χ0v) is 12.7. The first-order valence-corrected chi connectivity index (χ1v) is 7.06. The van der Waals surface area contributed by atoms with Crippen LogP contribution in [0.25, 0.3) is 0 Å². The zero-order chi connectivity index (χ0) is 14.8. The molecule has 1 amide bonds. The van der Waals surface area contributed by atoms with Gasteiger partial charge in [-0.25, -0.2) is 9.48 Å². The van der Waals surface area contributed by atoms with Crippen molar-refractivity contribution in [1.82, 2.24) is 25.1 Å². The SMILES string of the molecule is Cc1nnnn1C[C@@H]1CCCN(C(=O)OC(C)(C)C)C1. The molecule has 1 aromatic rings. The third kappa shape index (κ3) is 3.91. The Morgan fingerprint density at radius 2 is 2.20 bits per heavy atom. The van der Waals surface area contributed by atoms with Crippen LogP contribution < -0.4 is 0 Å². The van der Waals surface area contributed by atoms with Crippen LogP contribution in [-0.4, -0.2) is 49.9 Å². The summed E-state index contributed by atoms with van der Waals surface area (Å²) < 4.78 is 7.22. The Morgan fingerprint density at radius 1 is 1.45 bits per heavy atom. The van der Waals surface area contributed by atoms with Gasteiger partial charge < -0.3 is 9.64 Å². The van der Waals surface area contributed by atoms with Crippen molar-refractivity contribution >= 4 is 6.09 Å². The van der Waals surface area contributed by atoms with Gasteiger partial charge in [0.15, 0.2) is 0 Å². The van der Waals surface area contributed by atoms with E-state index in [1.807, 2.05) is 27.7 Å². The van der Waals surface area contributed by atoms with Crippen LogP contribution >= 0.6 is 0 Å². The lowest BCUT2D eigenvalue weighted by Crippen LogP contribution is -2.43. The van der Waals surface area contributed by atoms with Gasteiger partial charge in [-0.05, 0) is 56.9 Å². The van der Waals surface area contributed by atoms with E-state index in [9.17, 15) is 4.79 Å². The van der Waals surface area contributed by atoms with Gasteiger partial charge in [-0.3, -0.25) is 0 Å². The molecule has 2 rings (SSSR count). The largest absolute Gasteiger partial charge is 0.444 e. The van der Waals surface area contributed by atoms with E-state index in [1.54, 1.807) is 9.58 Å². The summed E-state index contributed by atoms with van der Waals surface area (Å²) >= 11 is 0. The van der Waals surface area contributed by atoms with Gasteiger partial charge in [-0.2, -0.15) is 0 Å². The van der Waals surface area contributed by atoms with Crippen LogP contribution in [0, 0.1) is 12.8 Å². The first-order valence-electron chi connectivity index (χ1n) is 7.06. The number of rotatable bonds is 2. The summed E-state index contributed by atoms with van der Waals surface area (Å²) in [6.45, 7) is 9.76. The molecule has 0 unspecified atom stereocenters. The Hall–Kier alpha value is -1.66. The number of carbonyl (C=O) groups is 1. The Labute approximate surface area is 119 Å². The molecule has 1 aromatic heterocycles. The molecule has 0 bridgehead atoms. The fourth-order valence-corrected chi connectivity index (χ4v) is 2.37. The van der Waals surface area contributed by atoms with Crippen LogP contribution in [0.2, 0.25) is 0 Å². The molecule has 0 radical (unpaired) electrons. The second-order valence-corrected chi connectivity index (χ2v) is 6.34. The molecule has 7 nitrogen and oxygen atoms in total. The number of aryl methyl sites for hydroxylation is 1. The summed E-state index contributed by atoms with van der Waals surface area (Å²) in [5, 5.41) is 11.5. The zero-order valence-electron chi connectivity index (χ0n) is 12.7. The lowest BCUT2D eigenvalue weighted by atomic mass is 9.98. The fourth-order valence-electron chi connectivity index (χ4n) is 2.37. The van der Waals surface area contributed by atoms with Crippen LogP contribution in [0.1, 0.15) is 39.4 Å². The summed E-state index contributed by atoms with van der Waals surface area (Å²) in [7, 11) is 0. The van der Waals surface area contributed by atoms with Crippen LogP contribution in [0.15, 0.2) is 0 Å². The van der Waals surface area contributed by atoms with E-state index >= 15 is 0 Å². The molecular weight excluding hydrogens is 258 g/mol. The van der Waals surface area contributed by atoms with E-state index in [1.165, 1.54) is 0 Å². The van der Waals surface area contributed by atoms with Crippen LogP contribution in [0.4, 0.5) is 4.79 Å². The highest BCUT2D eigenvalue weighted by atomic mass is 16.6. The molecule has 112 valence electrons. The molecule has 1 atom stereocenters. The second-order valence-electron chi connectivity index (χ2n) is 6.34. The van der Waals surface area contributed by atoms with Crippen molar-refractivity contribution in [2.45, 2.75) is 52.7 Å². The highest BCUT2D eigenvalue weighted by molar-refractivity contribution is 5.68. The second kappa shape index (κ2) is 5.76. The average molecular weight is 281 g/mol. The van der Waals surface area contributed by atoms with Crippen molar-refractivity contribution in [3.8, 4) is 0 Å². The molecule has 0 N–H and O–H groups in total. The maximum absolute atomic E-state index is 12.1. The summed E-state index contributed by atoms with van der Waals surface area (Å²) in [4.78, 5) is 13.9. The van der Waals surface area contributed by atoms with E-state index in [0.29, 0.717) is 12.5 Å². The van der Waals surface area contributed by atoms with Crippen molar-refractivity contribution in [3.05, 3.63) is 5.82 Å². The number of carbonyl (C=O) groups excluding carboxylic acids is 1. The summed E-state index contributed by atoms with van der Waals surface area (Å²) in [6, 6.07) is 0. The van der Waals surface area contributed by atoms with Gasteiger partial charge in [0.05, 0.1) is 0 Å².